The van der Waals surface area contributed by atoms with Crippen molar-refractivity contribution in [3.05, 3.63) is 70.5 Å². The van der Waals surface area contributed by atoms with E-state index in [0.717, 1.165) is 5.69 Å². The van der Waals surface area contributed by atoms with Crippen LogP contribution in [0, 0.1) is 19.3 Å². The summed E-state index contributed by atoms with van der Waals surface area (Å²) in [4.78, 5) is 12.4. The molecule has 2 aromatic carbocycles. The third-order valence-electron chi connectivity index (χ3n) is 3.47. The van der Waals surface area contributed by atoms with E-state index < -0.39 is 0 Å². The summed E-state index contributed by atoms with van der Waals surface area (Å²) >= 11 is 5.89. The van der Waals surface area contributed by atoms with Crippen LogP contribution in [0.15, 0.2) is 48.5 Å². The number of halogens is 1. The zero-order chi connectivity index (χ0) is 17.1. The van der Waals surface area contributed by atoms with Crippen LogP contribution >= 0.6 is 11.6 Å². The lowest BCUT2D eigenvalue weighted by Crippen LogP contribution is -2.14. The van der Waals surface area contributed by atoms with Crippen molar-refractivity contribution in [3.8, 4) is 18.0 Å². The molecular formula is C18H13ClN4O. The molecule has 118 valence electrons. The van der Waals surface area contributed by atoms with E-state index in [4.69, 9.17) is 18.0 Å². The maximum atomic E-state index is 12.4. The number of hydrogen-bond acceptors (Lipinski definition) is 3. The Morgan fingerprint density at radius 1 is 1.25 bits per heavy atom. The van der Waals surface area contributed by atoms with Crippen LogP contribution in [-0.2, 0) is 0 Å². The highest BCUT2D eigenvalue weighted by atomic mass is 35.5. The first-order valence-corrected chi connectivity index (χ1v) is 7.52. The van der Waals surface area contributed by atoms with Crippen molar-refractivity contribution < 1.29 is 4.79 Å². The number of carbonyl (C=O) groups is 1. The number of aromatic nitrogens is 3. The second kappa shape index (κ2) is 6.57. The van der Waals surface area contributed by atoms with E-state index in [2.05, 4.69) is 21.5 Å². The molecule has 0 aliphatic rings. The van der Waals surface area contributed by atoms with Crippen molar-refractivity contribution >= 4 is 23.2 Å². The lowest BCUT2D eigenvalue weighted by atomic mass is 10.2. The quantitative estimate of drug-likeness (QED) is 0.745. The minimum atomic E-state index is -0.345. The molecule has 0 saturated heterocycles. The molecule has 1 heterocycles. The smallest absolute Gasteiger partial charge is 0.278 e. The normalized spacial score (nSPS) is 10.2. The fourth-order valence-electron chi connectivity index (χ4n) is 2.24. The van der Waals surface area contributed by atoms with Crippen LogP contribution < -0.4 is 5.32 Å². The Kier molecular flexibility index (Phi) is 4.32. The number of rotatable bonds is 3. The van der Waals surface area contributed by atoms with Crippen LogP contribution in [0.25, 0.3) is 5.69 Å². The van der Waals surface area contributed by atoms with Crippen LogP contribution in [0.2, 0.25) is 5.02 Å². The maximum absolute atomic E-state index is 12.4. The molecule has 24 heavy (non-hydrogen) atoms. The van der Waals surface area contributed by atoms with Gasteiger partial charge in [-0.2, -0.15) is 0 Å². The van der Waals surface area contributed by atoms with E-state index in [9.17, 15) is 4.79 Å². The molecule has 1 amide bonds. The Balaban J connectivity index is 1.86. The van der Waals surface area contributed by atoms with Crippen molar-refractivity contribution in [3.63, 3.8) is 0 Å². The second-order valence-electron chi connectivity index (χ2n) is 5.09. The van der Waals surface area contributed by atoms with Gasteiger partial charge >= 0.3 is 0 Å². The largest absolute Gasteiger partial charge is 0.320 e. The van der Waals surface area contributed by atoms with Crippen molar-refractivity contribution in [1.82, 2.24) is 15.0 Å². The van der Waals surface area contributed by atoms with Gasteiger partial charge in [0.25, 0.3) is 5.91 Å². The standard InChI is InChI=1S/C18H13ClN4O/c1-3-13-5-4-6-15(11-13)20-18(24)17-12(2)23(22-21-17)16-9-7-14(19)8-10-16/h1,4-11H,2H3,(H,20,24). The van der Waals surface area contributed by atoms with E-state index in [1.54, 1.807) is 48.0 Å². The number of anilines is 1. The molecule has 1 aromatic heterocycles. The molecular weight excluding hydrogens is 324 g/mol. The predicted molar refractivity (Wildman–Crippen MR) is 93.4 cm³/mol. The molecule has 3 rings (SSSR count). The zero-order valence-electron chi connectivity index (χ0n) is 12.8. The van der Waals surface area contributed by atoms with Gasteiger partial charge < -0.3 is 5.32 Å². The van der Waals surface area contributed by atoms with Gasteiger partial charge in [-0.05, 0) is 49.4 Å². The van der Waals surface area contributed by atoms with Crippen LogP contribution in [0.1, 0.15) is 21.7 Å². The third-order valence-corrected chi connectivity index (χ3v) is 3.72. The van der Waals surface area contributed by atoms with E-state index in [1.807, 2.05) is 12.1 Å². The minimum Gasteiger partial charge on any atom is -0.320 e. The fraction of sp³-hybridized carbons (Fsp3) is 0.0556. The lowest BCUT2D eigenvalue weighted by molar-refractivity contribution is 0.102. The SMILES string of the molecule is C#Cc1cccc(NC(=O)c2nnn(-c3ccc(Cl)cc3)c2C)c1. The van der Waals surface area contributed by atoms with Crippen molar-refractivity contribution in [1.29, 1.82) is 0 Å². The topological polar surface area (TPSA) is 59.8 Å². The number of benzene rings is 2. The number of nitrogens with zero attached hydrogens (tertiary/aromatic N) is 3. The van der Waals surface area contributed by atoms with Gasteiger partial charge in [-0.1, -0.05) is 28.8 Å². The molecule has 0 saturated carbocycles. The molecule has 3 aromatic rings. The van der Waals surface area contributed by atoms with Gasteiger partial charge in [-0.3, -0.25) is 4.79 Å². The van der Waals surface area contributed by atoms with Crippen molar-refractivity contribution in [2.24, 2.45) is 0 Å². The van der Waals surface area contributed by atoms with E-state index in [1.165, 1.54) is 0 Å². The molecule has 0 unspecified atom stereocenters. The van der Waals surface area contributed by atoms with E-state index in [-0.39, 0.29) is 11.6 Å². The molecule has 0 radical (unpaired) electrons. The first-order valence-electron chi connectivity index (χ1n) is 7.15. The summed E-state index contributed by atoms with van der Waals surface area (Å²) in [6, 6.07) is 14.2. The number of terminal acetylenes is 1. The average molecular weight is 337 g/mol. The summed E-state index contributed by atoms with van der Waals surface area (Å²) in [5.41, 5.74) is 2.95. The highest BCUT2D eigenvalue weighted by Crippen LogP contribution is 2.17. The number of nitrogens with one attached hydrogen (secondary N) is 1. The Labute approximate surface area is 144 Å². The number of amides is 1. The summed E-state index contributed by atoms with van der Waals surface area (Å²) in [6.07, 6.45) is 5.37. The Morgan fingerprint density at radius 2 is 2.00 bits per heavy atom. The van der Waals surface area contributed by atoms with Gasteiger partial charge in [0.2, 0.25) is 0 Å². The molecule has 0 aliphatic heterocycles. The van der Waals surface area contributed by atoms with E-state index in [0.29, 0.717) is 22.0 Å². The van der Waals surface area contributed by atoms with Crippen molar-refractivity contribution in [2.45, 2.75) is 6.92 Å². The molecule has 0 atom stereocenters. The van der Waals surface area contributed by atoms with Crippen molar-refractivity contribution in [2.75, 3.05) is 5.32 Å². The first-order chi connectivity index (χ1) is 11.6. The summed E-state index contributed by atoms with van der Waals surface area (Å²) < 4.78 is 1.59. The van der Waals surface area contributed by atoms with Gasteiger partial charge in [0.05, 0.1) is 11.4 Å². The van der Waals surface area contributed by atoms with Gasteiger partial charge in [-0.15, -0.1) is 11.5 Å². The first kappa shape index (κ1) is 15.8. The Hall–Kier alpha value is -3.10. The molecule has 1 N–H and O–H groups in total. The highest BCUT2D eigenvalue weighted by Gasteiger charge is 2.17. The van der Waals surface area contributed by atoms with E-state index >= 15 is 0 Å². The molecule has 0 spiro atoms. The maximum Gasteiger partial charge on any atom is 0.278 e. The predicted octanol–water partition coefficient (Wildman–Crippen LogP) is 3.46. The van der Waals surface area contributed by atoms with Crippen LogP contribution in [0.3, 0.4) is 0 Å². The van der Waals surface area contributed by atoms with Gasteiger partial charge in [-0.25, -0.2) is 4.68 Å². The van der Waals surface area contributed by atoms with Crippen LogP contribution in [0.4, 0.5) is 5.69 Å². The lowest BCUT2D eigenvalue weighted by Gasteiger charge is -2.05. The summed E-state index contributed by atoms with van der Waals surface area (Å²) in [5.74, 6) is 2.18. The molecule has 0 bridgehead atoms. The minimum absolute atomic E-state index is 0.246. The Bertz CT molecular complexity index is 938. The molecule has 0 fully saturated rings. The zero-order valence-corrected chi connectivity index (χ0v) is 13.6. The van der Waals surface area contributed by atoms with Crippen LogP contribution in [-0.4, -0.2) is 20.9 Å². The summed E-state index contributed by atoms with van der Waals surface area (Å²) in [6.45, 7) is 1.78. The summed E-state index contributed by atoms with van der Waals surface area (Å²) in [5, 5.41) is 11.4. The molecule has 0 aliphatic carbocycles. The number of hydrogen-bond donors (Lipinski definition) is 1. The number of carbonyl (C=O) groups excluding carboxylic acids is 1. The van der Waals surface area contributed by atoms with Crippen LogP contribution in [0.5, 0.6) is 0 Å². The third kappa shape index (κ3) is 3.14. The average Bonchev–Trinajstić information content (AvgIpc) is 2.97. The van der Waals surface area contributed by atoms with Gasteiger partial charge in [0.15, 0.2) is 5.69 Å². The second-order valence-corrected chi connectivity index (χ2v) is 5.53. The molecule has 5 nitrogen and oxygen atoms in total. The monoisotopic (exact) mass is 336 g/mol. The summed E-state index contributed by atoms with van der Waals surface area (Å²) in [7, 11) is 0. The fourth-order valence-corrected chi connectivity index (χ4v) is 2.37. The van der Waals surface area contributed by atoms with Gasteiger partial charge in [0, 0.05) is 16.3 Å². The molecule has 6 heteroatoms. The Morgan fingerprint density at radius 3 is 2.71 bits per heavy atom. The highest BCUT2D eigenvalue weighted by molar-refractivity contribution is 6.30. The van der Waals surface area contributed by atoms with Gasteiger partial charge in [0.1, 0.15) is 0 Å².